The van der Waals surface area contributed by atoms with E-state index in [1.165, 1.54) is 0 Å². The normalized spacial score (nSPS) is 10.9. The highest BCUT2D eigenvalue weighted by Gasteiger charge is 2.09. The molecule has 3 nitrogen and oxygen atoms in total. The van der Waals surface area contributed by atoms with E-state index in [-0.39, 0.29) is 0 Å². The van der Waals surface area contributed by atoms with Gasteiger partial charge in [0.15, 0.2) is 0 Å². The Balaban J connectivity index is 2.56. The predicted molar refractivity (Wildman–Crippen MR) is 64.0 cm³/mol. The Morgan fingerprint density at radius 1 is 1.44 bits per heavy atom. The van der Waals surface area contributed by atoms with Crippen molar-refractivity contribution in [1.29, 1.82) is 5.26 Å². The molecule has 0 unspecified atom stereocenters. The van der Waals surface area contributed by atoms with Gasteiger partial charge in [-0.25, -0.2) is 4.98 Å². The van der Waals surface area contributed by atoms with Crippen molar-refractivity contribution in [2.75, 3.05) is 0 Å². The van der Waals surface area contributed by atoms with Gasteiger partial charge in [-0.1, -0.05) is 13.8 Å². The van der Waals surface area contributed by atoms with Gasteiger partial charge in [0.25, 0.3) is 0 Å². The number of aryl methyl sites for hydroxylation is 1. The van der Waals surface area contributed by atoms with Crippen LogP contribution in [-0.2, 0) is 13.5 Å². The number of aromatic nitrogens is 2. The van der Waals surface area contributed by atoms with Crippen LogP contribution in [0.25, 0.3) is 11.0 Å². The van der Waals surface area contributed by atoms with E-state index >= 15 is 0 Å². The predicted octanol–water partition coefficient (Wildman–Crippen LogP) is 2.64. The number of hydrogen-bond donors (Lipinski definition) is 0. The average molecular weight is 213 g/mol. The molecule has 0 spiro atoms. The van der Waals surface area contributed by atoms with Gasteiger partial charge in [0.2, 0.25) is 0 Å². The summed E-state index contributed by atoms with van der Waals surface area (Å²) in [6.07, 6.45) is 0.965. The van der Waals surface area contributed by atoms with Gasteiger partial charge in [0, 0.05) is 13.5 Å². The van der Waals surface area contributed by atoms with Crippen molar-refractivity contribution in [2.45, 2.75) is 20.3 Å². The van der Waals surface area contributed by atoms with Crippen molar-refractivity contribution in [3.8, 4) is 6.07 Å². The Kier molecular flexibility index (Phi) is 2.66. The highest BCUT2D eigenvalue weighted by molar-refractivity contribution is 5.77. The maximum absolute atomic E-state index is 8.86. The van der Waals surface area contributed by atoms with Crippen LogP contribution in [0, 0.1) is 17.2 Å². The zero-order valence-corrected chi connectivity index (χ0v) is 9.86. The van der Waals surface area contributed by atoms with Gasteiger partial charge < -0.3 is 4.57 Å². The summed E-state index contributed by atoms with van der Waals surface area (Å²) in [5.41, 5.74) is 2.69. The lowest BCUT2D eigenvalue weighted by Crippen LogP contribution is -2.02. The first kappa shape index (κ1) is 10.7. The number of benzene rings is 1. The highest BCUT2D eigenvalue weighted by atomic mass is 15.1. The molecular formula is C13H15N3. The molecule has 0 fully saturated rings. The fraction of sp³-hybridized carbons (Fsp3) is 0.385. The fourth-order valence-electron chi connectivity index (χ4n) is 1.86. The molecule has 0 bridgehead atoms. The van der Waals surface area contributed by atoms with Crippen LogP contribution in [0.3, 0.4) is 0 Å². The molecule has 0 atom stereocenters. The summed E-state index contributed by atoms with van der Waals surface area (Å²) >= 11 is 0. The van der Waals surface area contributed by atoms with Gasteiger partial charge in [-0.05, 0) is 24.1 Å². The lowest BCUT2D eigenvalue weighted by atomic mass is 10.1. The van der Waals surface area contributed by atoms with E-state index in [0.29, 0.717) is 11.5 Å². The monoisotopic (exact) mass is 213 g/mol. The Morgan fingerprint density at radius 2 is 2.19 bits per heavy atom. The third kappa shape index (κ3) is 1.79. The quantitative estimate of drug-likeness (QED) is 0.769. The van der Waals surface area contributed by atoms with Crippen molar-refractivity contribution in [3.63, 3.8) is 0 Å². The van der Waals surface area contributed by atoms with Gasteiger partial charge >= 0.3 is 0 Å². The van der Waals surface area contributed by atoms with Gasteiger partial charge in [0.1, 0.15) is 5.82 Å². The number of fused-ring (bicyclic) bond motifs is 1. The first-order valence-corrected chi connectivity index (χ1v) is 5.47. The van der Waals surface area contributed by atoms with Gasteiger partial charge in [-0.15, -0.1) is 0 Å². The third-order valence-corrected chi connectivity index (χ3v) is 2.69. The van der Waals surface area contributed by atoms with Gasteiger partial charge in [0.05, 0.1) is 22.7 Å². The Labute approximate surface area is 95.3 Å². The van der Waals surface area contributed by atoms with Crippen LogP contribution in [0.4, 0.5) is 0 Å². The summed E-state index contributed by atoms with van der Waals surface area (Å²) < 4.78 is 2.08. The second-order valence-corrected chi connectivity index (χ2v) is 4.50. The summed E-state index contributed by atoms with van der Waals surface area (Å²) in [4.78, 5) is 4.58. The van der Waals surface area contributed by atoms with Crippen molar-refractivity contribution in [2.24, 2.45) is 13.0 Å². The summed E-state index contributed by atoms with van der Waals surface area (Å²) in [5, 5.41) is 8.86. The molecule has 1 aromatic heterocycles. The maximum Gasteiger partial charge on any atom is 0.109 e. The van der Waals surface area contributed by atoms with E-state index in [1.54, 1.807) is 0 Å². The highest BCUT2D eigenvalue weighted by Crippen LogP contribution is 2.18. The van der Waals surface area contributed by atoms with E-state index in [2.05, 4.69) is 29.5 Å². The smallest absolute Gasteiger partial charge is 0.109 e. The first-order valence-electron chi connectivity index (χ1n) is 5.47. The first-order chi connectivity index (χ1) is 7.61. The standard InChI is InChI=1S/C13H15N3/c1-9(2)6-13-15-11-5-4-10(8-14)7-12(11)16(13)3/h4-5,7,9H,6H2,1-3H3. The maximum atomic E-state index is 8.86. The molecule has 0 radical (unpaired) electrons. The molecule has 0 N–H and O–H groups in total. The summed E-state index contributed by atoms with van der Waals surface area (Å²) in [5.74, 6) is 1.67. The summed E-state index contributed by atoms with van der Waals surface area (Å²) in [6.45, 7) is 4.36. The second-order valence-electron chi connectivity index (χ2n) is 4.50. The molecule has 16 heavy (non-hydrogen) atoms. The minimum Gasteiger partial charge on any atom is -0.331 e. The number of nitriles is 1. The summed E-state index contributed by atoms with van der Waals surface area (Å²) in [7, 11) is 2.01. The molecule has 0 saturated carbocycles. The topological polar surface area (TPSA) is 41.6 Å². The van der Waals surface area contributed by atoms with Gasteiger partial charge in [-0.3, -0.25) is 0 Å². The number of rotatable bonds is 2. The van der Waals surface area contributed by atoms with Crippen LogP contribution in [-0.4, -0.2) is 9.55 Å². The minimum absolute atomic E-state index is 0.589. The van der Waals surface area contributed by atoms with E-state index in [0.717, 1.165) is 23.3 Å². The molecule has 0 amide bonds. The summed E-state index contributed by atoms with van der Waals surface area (Å²) in [6, 6.07) is 7.78. The van der Waals surface area contributed by atoms with Crippen molar-refractivity contribution < 1.29 is 0 Å². The van der Waals surface area contributed by atoms with Crippen LogP contribution in [0.15, 0.2) is 18.2 Å². The third-order valence-electron chi connectivity index (χ3n) is 2.69. The van der Waals surface area contributed by atoms with Crippen LogP contribution in [0.1, 0.15) is 25.2 Å². The number of hydrogen-bond acceptors (Lipinski definition) is 2. The molecule has 0 aliphatic heterocycles. The number of imidazole rings is 1. The molecule has 1 heterocycles. The molecule has 0 aliphatic rings. The fourth-order valence-corrected chi connectivity index (χ4v) is 1.86. The van der Waals surface area contributed by atoms with E-state index in [4.69, 9.17) is 5.26 Å². The minimum atomic E-state index is 0.589. The molecule has 0 aliphatic carbocycles. The molecule has 3 heteroatoms. The Hall–Kier alpha value is -1.82. The molecule has 2 aromatic rings. The zero-order valence-electron chi connectivity index (χ0n) is 9.86. The van der Waals surface area contributed by atoms with E-state index < -0.39 is 0 Å². The van der Waals surface area contributed by atoms with Crippen LogP contribution in [0.5, 0.6) is 0 Å². The van der Waals surface area contributed by atoms with E-state index in [1.807, 2.05) is 25.2 Å². The van der Waals surface area contributed by atoms with Crippen molar-refractivity contribution in [3.05, 3.63) is 29.6 Å². The number of nitrogens with zero attached hydrogens (tertiary/aromatic N) is 3. The lowest BCUT2D eigenvalue weighted by molar-refractivity contribution is 0.606. The van der Waals surface area contributed by atoms with E-state index in [9.17, 15) is 0 Å². The van der Waals surface area contributed by atoms with Crippen molar-refractivity contribution in [1.82, 2.24) is 9.55 Å². The Bertz CT molecular complexity index is 558. The SMILES string of the molecule is CC(C)Cc1nc2ccc(C#N)cc2n1C. The molecule has 2 rings (SSSR count). The lowest BCUT2D eigenvalue weighted by Gasteiger charge is -2.04. The molecule has 1 aromatic carbocycles. The van der Waals surface area contributed by atoms with Crippen molar-refractivity contribution >= 4 is 11.0 Å². The molecular weight excluding hydrogens is 198 g/mol. The molecule has 82 valence electrons. The van der Waals surface area contributed by atoms with Crippen LogP contribution >= 0.6 is 0 Å². The van der Waals surface area contributed by atoms with Gasteiger partial charge in [-0.2, -0.15) is 5.26 Å². The Morgan fingerprint density at radius 3 is 2.81 bits per heavy atom. The zero-order chi connectivity index (χ0) is 11.7. The molecule has 0 saturated heterocycles. The second kappa shape index (κ2) is 3.97. The van der Waals surface area contributed by atoms with Crippen LogP contribution < -0.4 is 0 Å². The largest absolute Gasteiger partial charge is 0.331 e. The average Bonchev–Trinajstić information content (AvgIpc) is 2.55. The van der Waals surface area contributed by atoms with Crippen LogP contribution in [0.2, 0.25) is 0 Å².